The smallest absolute Gasteiger partial charge is 0.0632 e. The zero-order chi connectivity index (χ0) is 12.0. The molecule has 1 saturated heterocycles. The molecule has 1 N–H and O–H groups in total. The Morgan fingerprint density at radius 2 is 2.12 bits per heavy atom. The second-order valence-corrected chi connectivity index (χ2v) is 6.11. The SMILES string of the molecule is CCCC(CBr)CN1CCCC(C)(O)CC1. The molecule has 1 aliphatic rings. The summed E-state index contributed by atoms with van der Waals surface area (Å²) in [4.78, 5) is 2.53. The molecule has 1 fully saturated rings. The highest BCUT2D eigenvalue weighted by molar-refractivity contribution is 9.09. The Bertz CT molecular complexity index is 196. The fourth-order valence-corrected chi connectivity index (χ4v) is 3.02. The Balaban J connectivity index is 2.36. The van der Waals surface area contributed by atoms with E-state index >= 15 is 0 Å². The molecule has 16 heavy (non-hydrogen) atoms. The topological polar surface area (TPSA) is 23.5 Å². The molecule has 0 aromatic rings. The number of alkyl halides is 1. The fraction of sp³-hybridized carbons (Fsp3) is 1.00. The van der Waals surface area contributed by atoms with E-state index in [9.17, 15) is 5.11 Å². The van der Waals surface area contributed by atoms with Gasteiger partial charge in [-0.05, 0) is 45.1 Å². The number of hydrogen-bond donors (Lipinski definition) is 1. The molecule has 2 atom stereocenters. The van der Waals surface area contributed by atoms with Crippen molar-refractivity contribution in [1.29, 1.82) is 0 Å². The third-order valence-corrected chi connectivity index (χ3v) is 4.50. The first kappa shape index (κ1) is 14.5. The van der Waals surface area contributed by atoms with Crippen LogP contribution < -0.4 is 0 Å². The van der Waals surface area contributed by atoms with Gasteiger partial charge in [-0.25, -0.2) is 0 Å². The Hall–Kier alpha value is 0.400. The highest BCUT2D eigenvalue weighted by Gasteiger charge is 2.25. The molecule has 2 nitrogen and oxygen atoms in total. The molecular weight excluding hydrogens is 266 g/mol. The molecule has 1 heterocycles. The molecule has 0 aromatic heterocycles. The van der Waals surface area contributed by atoms with Crippen LogP contribution in [0.25, 0.3) is 0 Å². The van der Waals surface area contributed by atoms with Gasteiger partial charge in [-0.2, -0.15) is 0 Å². The van der Waals surface area contributed by atoms with Gasteiger partial charge in [-0.15, -0.1) is 0 Å². The van der Waals surface area contributed by atoms with Crippen molar-refractivity contribution in [3.63, 3.8) is 0 Å². The monoisotopic (exact) mass is 291 g/mol. The molecule has 0 radical (unpaired) electrons. The lowest BCUT2D eigenvalue weighted by Crippen LogP contribution is -2.32. The summed E-state index contributed by atoms with van der Waals surface area (Å²) in [7, 11) is 0. The molecule has 0 spiro atoms. The van der Waals surface area contributed by atoms with E-state index in [4.69, 9.17) is 0 Å². The average Bonchev–Trinajstić information content (AvgIpc) is 2.40. The zero-order valence-corrected chi connectivity index (χ0v) is 12.3. The van der Waals surface area contributed by atoms with E-state index in [0.29, 0.717) is 0 Å². The van der Waals surface area contributed by atoms with Crippen molar-refractivity contribution >= 4 is 15.9 Å². The van der Waals surface area contributed by atoms with Crippen LogP contribution in [0.1, 0.15) is 46.0 Å². The molecule has 0 amide bonds. The van der Waals surface area contributed by atoms with E-state index in [1.54, 1.807) is 0 Å². The van der Waals surface area contributed by atoms with Gasteiger partial charge in [0.15, 0.2) is 0 Å². The minimum absolute atomic E-state index is 0.427. The average molecular weight is 292 g/mol. The number of aliphatic hydroxyl groups is 1. The normalized spacial score (nSPS) is 30.0. The van der Waals surface area contributed by atoms with Crippen molar-refractivity contribution in [1.82, 2.24) is 4.90 Å². The van der Waals surface area contributed by atoms with Crippen LogP contribution in [0.5, 0.6) is 0 Å². The van der Waals surface area contributed by atoms with Crippen molar-refractivity contribution in [2.75, 3.05) is 25.0 Å². The fourth-order valence-electron chi connectivity index (χ4n) is 2.49. The summed E-state index contributed by atoms with van der Waals surface area (Å²) in [5, 5.41) is 11.1. The van der Waals surface area contributed by atoms with Crippen LogP contribution in [0.3, 0.4) is 0 Å². The lowest BCUT2D eigenvalue weighted by Gasteiger charge is -2.25. The molecule has 96 valence electrons. The van der Waals surface area contributed by atoms with E-state index in [2.05, 4.69) is 27.8 Å². The summed E-state index contributed by atoms with van der Waals surface area (Å²) >= 11 is 3.61. The van der Waals surface area contributed by atoms with Gasteiger partial charge in [0.25, 0.3) is 0 Å². The van der Waals surface area contributed by atoms with Crippen molar-refractivity contribution in [3.05, 3.63) is 0 Å². The predicted octanol–water partition coefficient (Wildman–Crippen LogP) is 3.03. The second-order valence-electron chi connectivity index (χ2n) is 5.46. The minimum atomic E-state index is -0.427. The van der Waals surface area contributed by atoms with Crippen LogP contribution in [-0.4, -0.2) is 40.6 Å². The van der Waals surface area contributed by atoms with Gasteiger partial charge in [0.05, 0.1) is 5.60 Å². The third-order valence-electron chi connectivity index (χ3n) is 3.59. The first-order valence-electron chi connectivity index (χ1n) is 6.58. The van der Waals surface area contributed by atoms with Gasteiger partial charge in [-0.1, -0.05) is 29.3 Å². The Morgan fingerprint density at radius 3 is 2.75 bits per heavy atom. The van der Waals surface area contributed by atoms with Gasteiger partial charge in [0.2, 0.25) is 0 Å². The molecule has 0 bridgehead atoms. The predicted molar refractivity (Wildman–Crippen MR) is 73.1 cm³/mol. The first-order chi connectivity index (χ1) is 7.57. The maximum atomic E-state index is 10.0. The summed E-state index contributed by atoms with van der Waals surface area (Å²) in [6.45, 7) is 7.63. The molecule has 3 heteroatoms. The molecule has 0 aliphatic carbocycles. The van der Waals surface area contributed by atoms with Crippen molar-refractivity contribution < 1.29 is 5.11 Å². The number of hydrogen-bond acceptors (Lipinski definition) is 2. The summed E-state index contributed by atoms with van der Waals surface area (Å²) in [6.07, 6.45) is 5.58. The molecule has 0 aromatic carbocycles. The molecule has 0 saturated carbocycles. The van der Waals surface area contributed by atoms with Crippen LogP contribution in [0.15, 0.2) is 0 Å². The number of likely N-dealkylation sites (tertiary alicyclic amines) is 1. The summed E-state index contributed by atoms with van der Waals surface area (Å²) < 4.78 is 0. The van der Waals surface area contributed by atoms with E-state index in [-0.39, 0.29) is 0 Å². The lowest BCUT2D eigenvalue weighted by molar-refractivity contribution is 0.0442. The highest BCUT2D eigenvalue weighted by atomic mass is 79.9. The highest BCUT2D eigenvalue weighted by Crippen LogP contribution is 2.22. The van der Waals surface area contributed by atoms with Crippen molar-refractivity contribution in [2.45, 2.75) is 51.6 Å². The number of rotatable bonds is 5. The molecule has 2 unspecified atom stereocenters. The van der Waals surface area contributed by atoms with Crippen molar-refractivity contribution in [2.24, 2.45) is 5.92 Å². The van der Waals surface area contributed by atoms with Gasteiger partial charge in [0, 0.05) is 18.4 Å². The zero-order valence-electron chi connectivity index (χ0n) is 10.7. The minimum Gasteiger partial charge on any atom is -0.390 e. The first-order valence-corrected chi connectivity index (χ1v) is 7.70. The Labute approximate surface area is 109 Å². The molecule has 1 aliphatic heterocycles. The standard InChI is InChI=1S/C13H26BrNO/c1-3-5-12(10-14)11-15-8-4-6-13(2,16)7-9-15/h12,16H,3-11H2,1-2H3. The largest absolute Gasteiger partial charge is 0.390 e. The quantitative estimate of drug-likeness (QED) is 0.787. The molecular formula is C13H26BrNO. The van der Waals surface area contributed by atoms with E-state index in [1.807, 2.05) is 6.92 Å². The van der Waals surface area contributed by atoms with Crippen LogP contribution in [0.4, 0.5) is 0 Å². The summed E-state index contributed by atoms with van der Waals surface area (Å²) in [5.74, 6) is 0.771. The number of nitrogens with zero attached hydrogens (tertiary/aromatic N) is 1. The second kappa shape index (κ2) is 6.97. The number of halogens is 1. The Kier molecular flexibility index (Phi) is 6.30. The van der Waals surface area contributed by atoms with Crippen molar-refractivity contribution in [3.8, 4) is 0 Å². The summed E-state index contributed by atoms with van der Waals surface area (Å²) in [5.41, 5.74) is -0.427. The third kappa shape index (κ3) is 5.15. The van der Waals surface area contributed by atoms with Crippen LogP contribution in [-0.2, 0) is 0 Å². The Morgan fingerprint density at radius 1 is 1.38 bits per heavy atom. The maximum absolute atomic E-state index is 10.0. The molecule has 1 rings (SSSR count). The van der Waals surface area contributed by atoms with E-state index in [0.717, 1.165) is 43.6 Å². The van der Waals surface area contributed by atoms with Gasteiger partial charge < -0.3 is 10.0 Å². The van der Waals surface area contributed by atoms with Crippen LogP contribution >= 0.6 is 15.9 Å². The van der Waals surface area contributed by atoms with Crippen LogP contribution in [0.2, 0.25) is 0 Å². The van der Waals surface area contributed by atoms with Gasteiger partial charge in [0.1, 0.15) is 0 Å². The summed E-state index contributed by atoms with van der Waals surface area (Å²) in [6, 6.07) is 0. The van der Waals surface area contributed by atoms with E-state index in [1.165, 1.54) is 19.4 Å². The maximum Gasteiger partial charge on any atom is 0.0632 e. The van der Waals surface area contributed by atoms with Gasteiger partial charge >= 0.3 is 0 Å². The van der Waals surface area contributed by atoms with Gasteiger partial charge in [-0.3, -0.25) is 0 Å². The van der Waals surface area contributed by atoms with E-state index < -0.39 is 5.60 Å². The lowest BCUT2D eigenvalue weighted by atomic mass is 9.98. The van der Waals surface area contributed by atoms with Crippen LogP contribution in [0, 0.1) is 5.92 Å².